The number of amides is 1. The van der Waals surface area contributed by atoms with Gasteiger partial charge in [-0.2, -0.15) is 5.10 Å². The molecule has 0 atom stereocenters. The van der Waals surface area contributed by atoms with E-state index in [0.29, 0.717) is 17.1 Å². The Hall–Kier alpha value is -1.82. The number of rotatable bonds is 3. The fraction of sp³-hybridized carbons (Fsp3) is 0.0909. The molecule has 0 unspecified atom stereocenters. The van der Waals surface area contributed by atoms with Gasteiger partial charge in [-0.15, -0.1) is 0 Å². The molecule has 17 heavy (non-hydrogen) atoms. The summed E-state index contributed by atoms with van der Waals surface area (Å²) >= 11 is 3.35. The number of hydrogen-bond acceptors (Lipinski definition) is 3. The molecule has 2 aromatic rings. The highest BCUT2D eigenvalue weighted by molar-refractivity contribution is 9.10. The summed E-state index contributed by atoms with van der Waals surface area (Å²) in [6.07, 6.45) is 1.53. The van der Waals surface area contributed by atoms with Crippen LogP contribution in [0.4, 0.5) is 5.69 Å². The summed E-state index contributed by atoms with van der Waals surface area (Å²) in [4.78, 5) is 11.7. The number of H-pyrrole nitrogens is 1. The number of carbonyl (C=O) groups is 1. The minimum absolute atomic E-state index is 0.237. The van der Waals surface area contributed by atoms with Gasteiger partial charge in [-0.3, -0.25) is 9.89 Å². The Kier molecular flexibility index (Phi) is 3.43. The molecule has 0 spiro atoms. The van der Waals surface area contributed by atoms with Crippen molar-refractivity contribution in [3.63, 3.8) is 0 Å². The predicted molar refractivity (Wildman–Crippen MR) is 67.2 cm³/mol. The van der Waals surface area contributed by atoms with Crippen LogP contribution >= 0.6 is 15.9 Å². The quantitative estimate of drug-likeness (QED) is 0.914. The van der Waals surface area contributed by atoms with Crippen molar-refractivity contribution in [3.8, 4) is 5.75 Å². The van der Waals surface area contributed by atoms with E-state index in [1.807, 2.05) is 0 Å². The Labute approximate surface area is 106 Å². The maximum atomic E-state index is 11.7. The summed E-state index contributed by atoms with van der Waals surface area (Å²) in [5, 5.41) is 9.05. The molecule has 6 heteroatoms. The van der Waals surface area contributed by atoms with E-state index < -0.39 is 0 Å². The summed E-state index contributed by atoms with van der Waals surface area (Å²) < 4.78 is 5.88. The molecule has 0 saturated carbocycles. The minimum atomic E-state index is -0.237. The van der Waals surface area contributed by atoms with E-state index in [2.05, 4.69) is 31.4 Å². The number of carbonyl (C=O) groups excluding carboxylic acids is 1. The van der Waals surface area contributed by atoms with Crippen LogP contribution in [0.15, 0.2) is 34.9 Å². The number of ether oxygens (including phenoxy) is 1. The van der Waals surface area contributed by atoms with Gasteiger partial charge in [0.15, 0.2) is 0 Å². The van der Waals surface area contributed by atoms with Gasteiger partial charge in [0, 0.05) is 11.9 Å². The molecule has 2 rings (SSSR count). The van der Waals surface area contributed by atoms with Gasteiger partial charge in [-0.05, 0) is 40.2 Å². The molecule has 0 aliphatic carbocycles. The summed E-state index contributed by atoms with van der Waals surface area (Å²) in [6.45, 7) is 0. The zero-order valence-corrected chi connectivity index (χ0v) is 10.6. The molecule has 1 amide bonds. The number of nitrogens with zero attached hydrogens (tertiary/aromatic N) is 1. The van der Waals surface area contributed by atoms with Gasteiger partial charge in [0.05, 0.1) is 11.6 Å². The summed E-state index contributed by atoms with van der Waals surface area (Å²) in [5.74, 6) is 0.476. The average Bonchev–Trinajstić information content (AvgIpc) is 2.82. The Morgan fingerprint density at radius 3 is 2.88 bits per heavy atom. The molecule has 0 aliphatic rings. The molecule has 0 saturated heterocycles. The normalized spacial score (nSPS) is 10.0. The van der Waals surface area contributed by atoms with Gasteiger partial charge in [0.2, 0.25) is 0 Å². The predicted octanol–water partition coefficient (Wildman–Crippen LogP) is 2.43. The van der Waals surface area contributed by atoms with Crippen LogP contribution in [0.2, 0.25) is 0 Å². The van der Waals surface area contributed by atoms with Gasteiger partial charge in [0.25, 0.3) is 5.91 Å². The fourth-order valence-corrected chi connectivity index (χ4v) is 1.87. The van der Waals surface area contributed by atoms with Crippen LogP contribution in [0, 0.1) is 0 Å². The van der Waals surface area contributed by atoms with Crippen molar-refractivity contribution in [2.24, 2.45) is 0 Å². The van der Waals surface area contributed by atoms with Gasteiger partial charge >= 0.3 is 0 Å². The molecular formula is C11H10BrN3O2. The highest BCUT2D eigenvalue weighted by atomic mass is 79.9. The molecule has 2 N–H and O–H groups in total. The van der Waals surface area contributed by atoms with Crippen LogP contribution < -0.4 is 10.1 Å². The first-order chi connectivity index (χ1) is 8.20. The van der Waals surface area contributed by atoms with Gasteiger partial charge in [0.1, 0.15) is 11.4 Å². The standard InChI is InChI=1S/C11H10BrN3O2/c1-17-10-3-2-7(6-8(10)12)14-11(16)9-4-5-13-15-9/h2-6H,1H3,(H,13,15)(H,14,16). The Balaban J connectivity index is 2.14. The van der Waals surface area contributed by atoms with E-state index in [0.717, 1.165) is 4.47 Å². The summed E-state index contributed by atoms with van der Waals surface area (Å²) in [7, 11) is 1.59. The Morgan fingerprint density at radius 2 is 2.29 bits per heavy atom. The van der Waals surface area contributed by atoms with Crippen LogP contribution in [0.1, 0.15) is 10.5 Å². The van der Waals surface area contributed by atoms with E-state index >= 15 is 0 Å². The molecule has 0 bridgehead atoms. The summed E-state index contributed by atoms with van der Waals surface area (Å²) in [6, 6.07) is 6.91. The van der Waals surface area contributed by atoms with Crippen LogP contribution in [-0.4, -0.2) is 23.2 Å². The van der Waals surface area contributed by atoms with E-state index in [1.54, 1.807) is 31.4 Å². The number of anilines is 1. The SMILES string of the molecule is COc1ccc(NC(=O)c2ccn[nH]2)cc1Br. The first-order valence-corrected chi connectivity index (χ1v) is 5.64. The number of hydrogen-bond donors (Lipinski definition) is 2. The molecule has 0 fully saturated rings. The highest BCUT2D eigenvalue weighted by Crippen LogP contribution is 2.27. The molecule has 1 heterocycles. The number of benzene rings is 1. The summed E-state index contributed by atoms with van der Waals surface area (Å²) in [5.41, 5.74) is 1.09. The lowest BCUT2D eigenvalue weighted by Gasteiger charge is -2.07. The topological polar surface area (TPSA) is 67.0 Å². The fourth-order valence-electron chi connectivity index (χ4n) is 1.32. The molecule has 0 aliphatic heterocycles. The van der Waals surface area contributed by atoms with Crippen molar-refractivity contribution in [1.82, 2.24) is 10.2 Å². The molecule has 5 nitrogen and oxygen atoms in total. The molecule has 1 aromatic carbocycles. The van der Waals surface area contributed by atoms with Crippen molar-refractivity contribution in [3.05, 3.63) is 40.6 Å². The van der Waals surface area contributed by atoms with E-state index in [9.17, 15) is 4.79 Å². The largest absolute Gasteiger partial charge is 0.496 e. The number of aromatic nitrogens is 2. The third-order valence-electron chi connectivity index (χ3n) is 2.16. The number of nitrogens with one attached hydrogen (secondary N) is 2. The third kappa shape index (κ3) is 2.65. The maximum absolute atomic E-state index is 11.7. The molecule has 1 aromatic heterocycles. The number of methoxy groups -OCH3 is 1. The third-order valence-corrected chi connectivity index (χ3v) is 2.77. The first kappa shape index (κ1) is 11.7. The average molecular weight is 296 g/mol. The van der Waals surface area contributed by atoms with E-state index in [-0.39, 0.29) is 5.91 Å². The highest BCUT2D eigenvalue weighted by Gasteiger charge is 2.08. The second kappa shape index (κ2) is 5.01. The van der Waals surface area contributed by atoms with Crippen molar-refractivity contribution < 1.29 is 9.53 Å². The van der Waals surface area contributed by atoms with Crippen LogP contribution in [0.25, 0.3) is 0 Å². The monoisotopic (exact) mass is 295 g/mol. The van der Waals surface area contributed by atoms with Crippen LogP contribution in [0.5, 0.6) is 5.75 Å². The van der Waals surface area contributed by atoms with Gasteiger partial charge in [-0.1, -0.05) is 0 Å². The zero-order valence-electron chi connectivity index (χ0n) is 9.03. The Morgan fingerprint density at radius 1 is 1.47 bits per heavy atom. The lowest BCUT2D eigenvalue weighted by atomic mass is 10.3. The van der Waals surface area contributed by atoms with Gasteiger partial charge in [-0.25, -0.2) is 0 Å². The molecular weight excluding hydrogens is 286 g/mol. The van der Waals surface area contributed by atoms with Crippen molar-refractivity contribution in [2.45, 2.75) is 0 Å². The minimum Gasteiger partial charge on any atom is -0.496 e. The van der Waals surface area contributed by atoms with Gasteiger partial charge < -0.3 is 10.1 Å². The number of halogens is 1. The maximum Gasteiger partial charge on any atom is 0.273 e. The van der Waals surface area contributed by atoms with Crippen molar-refractivity contribution in [2.75, 3.05) is 12.4 Å². The molecule has 0 radical (unpaired) electrons. The second-order valence-corrected chi connectivity index (χ2v) is 4.13. The number of aromatic amines is 1. The van der Waals surface area contributed by atoms with E-state index in [4.69, 9.17) is 4.74 Å². The second-order valence-electron chi connectivity index (χ2n) is 3.27. The Bertz CT molecular complexity index is 526. The zero-order chi connectivity index (χ0) is 12.3. The smallest absolute Gasteiger partial charge is 0.273 e. The molecule has 88 valence electrons. The van der Waals surface area contributed by atoms with Crippen LogP contribution in [0.3, 0.4) is 0 Å². The lowest BCUT2D eigenvalue weighted by molar-refractivity contribution is 0.102. The first-order valence-electron chi connectivity index (χ1n) is 4.85. The lowest BCUT2D eigenvalue weighted by Crippen LogP contribution is -2.12. The van der Waals surface area contributed by atoms with Crippen LogP contribution in [-0.2, 0) is 0 Å². The van der Waals surface area contributed by atoms with Crippen molar-refractivity contribution >= 4 is 27.5 Å². The van der Waals surface area contributed by atoms with E-state index in [1.165, 1.54) is 6.20 Å². The van der Waals surface area contributed by atoms with Crippen molar-refractivity contribution in [1.29, 1.82) is 0 Å².